The van der Waals surface area contributed by atoms with Crippen LogP contribution in [0.4, 0.5) is 17.1 Å². The van der Waals surface area contributed by atoms with Crippen LogP contribution in [0.15, 0.2) is 146 Å². The number of fused-ring (bicyclic) bond motifs is 3. The second-order valence-electron chi connectivity index (χ2n) is 15.5. The summed E-state index contributed by atoms with van der Waals surface area (Å²) in [4.78, 5) is 0. The fraction of sp³-hybridized carbons (Fsp3) is 0.176. The number of aryl methyl sites for hydroxylation is 6. The third-order valence-electron chi connectivity index (χ3n) is 10.4. The molecule has 294 valence electrons. The van der Waals surface area contributed by atoms with Crippen molar-refractivity contribution in [3.05, 3.63) is 212 Å². The molecule has 3 N–H and O–H groups in total. The van der Waals surface area contributed by atoms with Crippen molar-refractivity contribution in [3.63, 3.8) is 0 Å². The van der Waals surface area contributed by atoms with E-state index >= 15 is 0 Å². The maximum absolute atomic E-state index is 13.0. The van der Waals surface area contributed by atoms with Crippen LogP contribution in [0, 0.1) is 41.5 Å². The van der Waals surface area contributed by atoms with Gasteiger partial charge in [-0.2, -0.15) is 0 Å². The fourth-order valence-corrected chi connectivity index (χ4v) is 7.25. The van der Waals surface area contributed by atoms with Gasteiger partial charge in [-0.25, -0.2) is 0 Å². The van der Waals surface area contributed by atoms with E-state index in [0.717, 1.165) is 83.8 Å². The summed E-state index contributed by atoms with van der Waals surface area (Å²) < 4.78 is 0. The molecule has 6 aromatic rings. The Morgan fingerprint density at radius 1 is 0.345 bits per heavy atom. The molecule has 0 saturated carbocycles. The van der Waals surface area contributed by atoms with Gasteiger partial charge in [0.05, 0.1) is 0 Å². The van der Waals surface area contributed by atoms with E-state index in [-0.39, 0.29) is 20.1 Å². The summed E-state index contributed by atoms with van der Waals surface area (Å²) >= 11 is 0. The second kappa shape index (κ2) is 17.1. The van der Waals surface area contributed by atoms with Crippen molar-refractivity contribution < 1.29 is 35.4 Å². The van der Waals surface area contributed by atoms with Crippen LogP contribution >= 0.6 is 0 Å². The van der Waals surface area contributed by atoms with Gasteiger partial charge in [-0.1, -0.05) is 162 Å². The van der Waals surface area contributed by atoms with Gasteiger partial charge in [0.25, 0.3) is 0 Å². The number of hydrogen-bond acceptors (Lipinski definition) is 6. The molecule has 3 aliphatic rings. The van der Waals surface area contributed by atoms with Gasteiger partial charge in [0.1, 0.15) is 0 Å². The van der Waals surface area contributed by atoms with E-state index in [1.165, 1.54) is 0 Å². The molecule has 6 nitrogen and oxygen atoms in total. The molecule has 0 fully saturated rings. The normalized spacial score (nSPS) is 20.4. The van der Waals surface area contributed by atoms with Crippen LogP contribution < -0.4 is 31.3 Å². The van der Waals surface area contributed by atoms with Gasteiger partial charge in [-0.15, -0.1) is 0 Å². The predicted molar refractivity (Wildman–Crippen MR) is 230 cm³/mol. The van der Waals surface area contributed by atoms with Crippen LogP contribution in [0.2, 0.25) is 0 Å². The summed E-state index contributed by atoms with van der Waals surface area (Å²) in [5, 5.41) is 48.2. The molecule has 9 rings (SSSR count). The van der Waals surface area contributed by atoms with Gasteiger partial charge < -0.3 is 31.3 Å². The first-order valence-electron chi connectivity index (χ1n) is 19.3. The Bertz CT molecular complexity index is 2270. The molecule has 58 heavy (non-hydrogen) atoms. The molecule has 3 heterocycles. The predicted octanol–water partition coefficient (Wildman–Crippen LogP) is 8.86. The molecule has 7 heteroatoms. The average molecular weight is 943 g/mol. The van der Waals surface area contributed by atoms with Crippen molar-refractivity contribution in [2.45, 2.75) is 58.7 Å². The van der Waals surface area contributed by atoms with E-state index in [4.69, 9.17) is 0 Å². The first-order valence-corrected chi connectivity index (χ1v) is 19.3. The number of anilines is 3. The topological polar surface area (TPSA) is 105 Å². The quantitative estimate of drug-likeness (QED) is 0.164. The van der Waals surface area contributed by atoms with E-state index in [0.29, 0.717) is 0 Å². The van der Waals surface area contributed by atoms with Gasteiger partial charge in [0.2, 0.25) is 0 Å². The molecule has 0 amide bonds. The van der Waals surface area contributed by atoms with Crippen molar-refractivity contribution >= 4 is 35.3 Å². The van der Waals surface area contributed by atoms with E-state index in [9.17, 15) is 15.3 Å². The van der Waals surface area contributed by atoms with Crippen molar-refractivity contribution in [1.82, 2.24) is 0 Å². The largest absolute Gasteiger partial charge is 3.00 e. The zero-order valence-electron chi connectivity index (χ0n) is 33.6. The number of benzene rings is 6. The number of rotatable bonds is 3. The van der Waals surface area contributed by atoms with E-state index < -0.39 is 17.2 Å². The monoisotopic (exact) mass is 943 g/mol. The van der Waals surface area contributed by atoms with Crippen molar-refractivity contribution in [2.75, 3.05) is 16.0 Å². The van der Waals surface area contributed by atoms with Crippen LogP contribution in [0.1, 0.15) is 66.8 Å². The minimum Gasteiger partial charge on any atom is -0.827 e. The van der Waals surface area contributed by atoms with Crippen LogP contribution in [-0.2, 0) is 37.3 Å². The van der Waals surface area contributed by atoms with Gasteiger partial charge in [-0.05, 0) is 110 Å². The van der Waals surface area contributed by atoms with Gasteiger partial charge >= 0.3 is 20.1 Å². The Morgan fingerprint density at radius 2 is 0.603 bits per heavy atom. The Kier molecular flexibility index (Phi) is 12.4. The zero-order chi connectivity index (χ0) is 40.4. The molecular weight excluding hydrogens is 895 g/mol. The zero-order valence-corrected chi connectivity index (χ0v) is 36.0. The molecule has 6 aromatic carbocycles. The second-order valence-corrected chi connectivity index (χ2v) is 15.5. The Hall–Kier alpha value is -5.53. The third-order valence-corrected chi connectivity index (χ3v) is 10.4. The maximum Gasteiger partial charge on any atom is 3.00 e. The minimum atomic E-state index is -1.38. The molecule has 0 aliphatic carbocycles. The van der Waals surface area contributed by atoms with E-state index in [1.807, 2.05) is 169 Å². The van der Waals surface area contributed by atoms with Crippen LogP contribution in [0.25, 0.3) is 18.2 Å². The van der Waals surface area contributed by atoms with Gasteiger partial charge in [0.15, 0.2) is 0 Å². The van der Waals surface area contributed by atoms with E-state index in [1.54, 1.807) is 18.2 Å². The Labute approximate surface area is 356 Å². The number of hydrogen-bond donors (Lipinski definition) is 3. The van der Waals surface area contributed by atoms with Crippen LogP contribution in [0.3, 0.4) is 0 Å². The minimum absolute atomic E-state index is 0. The molecule has 0 aromatic heterocycles. The number of nitrogens with one attached hydrogen (secondary N) is 3. The summed E-state index contributed by atoms with van der Waals surface area (Å²) in [5.41, 5.74) is 10.7. The summed E-state index contributed by atoms with van der Waals surface area (Å²) in [6.07, 6.45) is 10.8. The van der Waals surface area contributed by atoms with Crippen LogP contribution in [0.5, 0.6) is 0 Å². The molecule has 0 saturated heterocycles. The van der Waals surface area contributed by atoms with E-state index in [2.05, 4.69) is 34.1 Å². The van der Waals surface area contributed by atoms with Crippen molar-refractivity contribution in [1.29, 1.82) is 0 Å². The van der Waals surface area contributed by atoms with Gasteiger partial charge in [-0.3, -0.25) is 0 Å². The Morgan fingerprint density at radius 3 is 0.862 bits per heavy atom. The summed E-state index contributed by atoms with van der Waals surface area (Å²) in [6.45, 7) is 12.1. The van der Waals surface area contributed by atoms with Gasteiger partial charge in [0, 0.05) is 34.2 Å². The molecule has 0 radical (unpaired) electrons. The summed E-state index contributed by atoms with van der Waals surface area (Å²) in [6, 6.07) is 41.5. The molecule has 0 bridgehead atoms. The fourth-order valence-electron chi connectivity index (χ4n) is 7.25. The molecular formula is C51H48IrN3O3. The maximum atomic E-state index is 13.0. The smallest absolute Gasteiger partial charge is 0.827 e. The molecule has 3 unspecified atom stereocenters. The van der Waals surface area contributed by atoms with Crippen molar-refractivity contribution in [2.24, 2.45) is 0 Å². The van der Waals surface area contributed by atoms with Crippen molar-refractivity contribution in [3.8, 4) is 0 Å². The summed E-state index contributed by atoms with van der Waals surface area (Å²) in [7, 11) is 0. The SMILES string of the molecule is Cc1cccc(C2([O-])C=Cc3ccc(C)cc3N2)c1.Cc1cccc(C2([O-])C=Cc3ccc(C)cc3N2)c1.Cc1cccc(C2([O-])C=Cc3ccc(C)cc3N2)c1.[Ir+3]. The third kappa shape index (κ3) is 9.43. The average Bonchev–Trinajstić information content (AvgIpc) is 3.18. The Balaban J connectivity index is 0.000000145. The van der Waals surface area contributed by atoms with Crippen LogP contribution in [-0.4, -0.2) is 0 Å². The molecule has 3 aliphatic heterocycles. The first kappa shape index (κ1) is 42.1. The summed E-state index contributed by atoms with van der Waals surface area (Å²) in [5.74, 6) is 0. The standard InChI is InChI=1S/3C17H16NO.Ir/c3*1-12-4-3-5-15(10-12)17(19)9-8-14-7-6-13(2)11-16(14)18-17;/h3*3-11,18H,1-2H3;/q3*-1;+3. The molecule has 0 spiro atoms. The molecule has 3 atom stereocenters. The first-order chi connectivity index (χ1) is 27.2.